The van der Waals surface area contributed by atoms with Crippen molar-refractivity contribution in [2.75, 3.05) is 13.6 Å². The summed E-state index contributed by atoms with van der Waals surface area (Å²) in [4.78, 5) is 23.8. The predicted octanol–water partition coefficient (Wildman–Crippen LogP) is 2.50. The van der Waals surface area contributed by atoms with Crippen molar-refractivity contribution >= 4 is 5.91 Å². The smallest absolute Gasteiger partial charge is 0.272 e. The van der Waals surface area contributed by atoms with Gasteiger partial charge in [0.15, 0.2) is 0 Å². The third-order valence-corrected chi connectivity index (χ3v) is 4.91. The molecule has 1 fully saturated rings. The average molecular weight is 356 g/mol. The fraction of sp³-hybridized carbons (Fsp3) is 0.579. The van der Waals surface area contributed by atoms with Gasteiger partial charge >= 0.3 is 0 Å². The van der Waals surface area contributed by atoms with E-state index in [9.17, 15) is 4.79 Å². The summed E-state index contributed by atoms with van der Waals surface area (Å²) < 4.78 is 0. The molecular formula is C19H28N6O. The van der Waals surface area contributed by atoms with Gasteiger partial charge in [-0.1, -0.05) is 20.8 Å². The summed E-state index contributed by atoms with van der Waals surface area (Å²) in [6, 6.07) is 2.11. The number of carbonyl (C=O) groups excluding carboxylic acids is 1. The number of carbonyl (C=O) groups is 1. The van der Waals surface area contributed by atoms with Crippen molar-refractivity contribution in [3.05, 3.63) is 40.7 Å². The molecule has 1 aliphatic heterocycles. The van der Waals surface area contributed by atoms with Gasteiger partial charge in [0, 0.05) is 29.4 Å². The van der Waals surface area contributed by atoms with E-state index in [2.05, 4.69) is 58.2 Å². The number of aryl methyl sites for hydroxylation is 1. The number of hydrogen-bond acceptors (Lipinski definition) is 5. The Morgan fingerprint density at radius 3 is 2.81 bits per heavy atom. The summed E-state index contributed by atoms with van der Waals surface area (Å²) in [5.41, 5.74) is 3.26. The Morgan fingerprint density at radius 1 is 1.42 bits per heavy atom. The van der Waals surface area contributed by atoms with Gasteiger partial charge < -0.3 is 5.32 Å². The Bertz CT molecular complexity index is 792. The second-order valence-electron chi connectivity index (χ2n) is 8.07. The molecule has 140 valence electrons. The van der Waals surface area contributed by atoms with Crippen LogP contribution in [0.25, 0.3) is 0 Å². The predicted molar refractivity (Wildman–Crippen MR) is 99.8 cm³/mol. The number of H-pyrrole nitrogens is 1. The maximum atomic E-state index is 12.5. The van der Waals surface area contributed by atoms with E-state index in [-0.39, 0.29) is 11.3 Å². The van der Waals surface area contributed by atoms with E-state index in [0.717, 1.165) is 35.7 Å². The standard InChI is InChI=1S/C19H28N6O/c1-12-20-10-13(17(22-12)15-7-6-8-25(15)5)11-21-18(26)14-9-16(24-23-14)19(2,3)4/h9-10,15H,6-8,11H2,1-5H3,(H,21,26)(H,23,24)/t15-/m1/s1. The SMILES string of the molecule is Cc1ncc(CNC(=O)c2cc(C(C)(C)C)[nH]n2)c([C@H]2CCCN2C)n1. The van der Waals surface area contributed by atoms with E-state index >= 15 is 0 Å². The molecule has 2 aromatic rings. The van der Waals surface area contributed by atoms with Crippen molar-refractivity contribution in [3.63, 3.8) is 0 Å². The number of aromatic nitrogens is 4. The molecule has 0 unspecified atom stereocenters. The van der Waals surface area contributed by atoms with Crippen molar-refractivity contribution in [1.82, 2.24) is 30.4 Å². The number of rotatable bonds is 4. The quantitative estimate of drug-likeness (QED) is 0.879. The topological polar surface area (TPSA) is 86.8 Å². The second-order valence-corrected chi connectivity index (χ2v) is 8.07. The zero-order valence-electron chi connectivity index (χ0n) is 16.3. The van der Waals surface area contributed by atoms with E-state index in [1.165, 1.54) is 6.42 Å². The van der Waals surface area contributed by atoms with Gasteiger partial charge in [0.1, 0.15) is 11.5 Å². The third-order valence-electron chi connectivity index (χ3n) is 4.91. The summed E-state index contributed by atoms with van der Waals surface area (Å²) >= 11 is 0. The van der Waals surface area contributed by atoms with Gasteiger partial charge in [-0.3, -0.25) is 14.8 Å². The highest BCUT2D eigenvalue weighted by Crippen LogP contribution is 2.31. The van der Waals surface area contributed by atoms with Crippen molar-refractivity contribution < 1.29 is 4.79 Å². The number of nitrogens with zero attached hydrogens (tertiary/aromatic N) is 4. The van der Waals surface area contributed by atoms with Crippen LogP contribution in [0.1, 0.15) is 72.9 Å². The number of likely N-dealkylation sites (tertiary alicyclic amines) is 1. The maximum Gasteiger partial charge on any atom is 0.272 e. The van der Waals surface area contributed by atoms with E-state index in [1.807, 2.05) is 19.2 Å². The first-order valence-corrected chi connectivity index (χ1v) is 9.12. The third kappa shape index (κ3) is 3.93. The molecule has 0 spiro atoms. The van der Waals surface area contributed by atoms with Crippen LogP contribution < -0.4 is 5.32 Å². The van der Waals surface area contributed by atoms with Gasteiger partial charge in [-0.25, -0.2) is 9.97 Å². The van der Waals surface area contributed by atoms with Crippen LogP contribution in [0.2, 0.25) is 0 Å². The normalized spacial score (nSPS) is 18.3. The largest absolute Gasteiger partial charge is 0.346 e. The molecule has 7 nitrogen and oxygen atoms in total. The van der Waals surface area contributed by atoms with E-state index < -0.39 is 0 Å². The van der Waals surface area contributed by atoms with E-state index in [0.29, 0.717) is 18.3 Å². The highest BCUT2D eigenvalue weighted by atomic mass is 16.1. The summed E-state index contributed by atoms with van der Waals surface area (Å²) in [6.45, 7) is 9.61. The van der Waals surface area contributed by atoms with Gasteiger partial charge in [-0.2, -0.15) is 5.10 Å². The fourth-order valence-corrected chi connectivity index (χ4v) is 3.28. The zero-order valence-corrected chi connectivity index (χ0v) is 16.3. The molecule has 26 heavy (non-hydrogen) atoms. The van der Waals surface area contributed by atoms with Crippen LogP contribution >= 0.6 is 0 Å². The maximum absolute atomic E-state index is 12.5. The van der Waals surface area contributed by atoms with Crippen molar-refractivity contribution in [2.24, 2.45) is 0 Å². The minimum atomic E-state index is -0.192. The minimum Gasteiger partial charge on any atom is -0.346 e. The first-order chi connectivity index (χ1) is 12.3. The van der Waals surface area contributed by atoms with Crippen molar-refractivity contribution in [3.8, 4) is 0 Å². The molecule has 1 atom stereocenters. The molecule has 0 aromatic carbocycles. The molecule has 0 bridgehead atoms. The monoisotopic (exact) mass is 356 g/mol. The van der Waals surface area contributed by atoms with Gasteiger partial charge in [-0.05, 0) is 39.4 Å². The highest BCUT2D eigenvalue weighted by Gasteiger charge is 2.27. The molecule has 1 amide bonds. The minimum absolute atomic E-state index is 0.0729. The van der Waals surface area contributed by atoms with Gasteiger partial charge in [0.05, 0.1) is 11.7 Å². The van der Waals surface area contributed by atoms with Crippen LogP contribution in [0.5, 0.6) is 0 Å². The molecule has 2 N–H and O–H groups in total. The average Bonchev–Trinajstić information content (AvgIpc) is 3.22. The van der Waals surface area contributed by atoms with E-state index in [4.69, 9.17) is 0 Å². The Kier molecular flexibility index (Phi) is 5.09. The summed E-state index contributed by atoms with van der Waals surface area (Å²) in [6.07, 6.45) is 4.08. The number of nitrogens with one attached hydrogen (secondary N) is 2. The molecule has 3 heterocycles. The van der Waals surface area contributed by atoms with Crippen LogP contribution in [0.4, 0.5) is 0 Å². The molecule has 3 rings (SSSR count). The first kappa shape index (κ1) is 18.5. The van der Waals surface area contributed by atoms with Crippen LogP contribution in [0.3, 0.4) is 0 Å². The lowest BCUT2D eigenvalue weighted by molar-refractivity contribution is 0.0945. The Hall–Kier alpha value is -2.28. The lowest BCUT2D eigenvalue weighted by Gasteiger charge is -2.21. The molecule has 0 aliphatic carbocycles. The number of aromatic amines is 1. The number of hydrogen-bond donors (Lipinski definition) is 2. The van der Waals surface area contributed by atoms with Crippen LogP contribution in [-0.4, -0.2) is 44.6 Å². The summed E-state index contributed by atoms with van der Waals surface area (Å²) in [5, 5.41) is 10.1. The Morgan fingerprint density at radius 2 is 2.19 bits per heavy atom. The molecule has 2 aromatic heterocycles. The van der Waals surface area contributed by atoms with Gasteiger partial charge in [-0.15, -0.1) is 0 Å². The molecule has 7 heteroatoms. The lowest BCUT2D eigenvalue weighted by atomic mass is 9.92. The highest BCUT2D eigenvalue weighted by molar-refractivity contribution is 5.92. The van der Waals surface area contributed by atoms with Crippen molar-refractivity contribution in [1.29, 1.82) is 0 Å². The zero-order chi connectivity index (χ0) is 18.9. The van der Waals surface area contributed by atoms with Gasteiger partial charge in [0.2, 0.25) is 0 Å². The first-order valence-electron chi connectivity index (χ1n) is 9.12. The Balaban J connectivity index is 1.73. The number of amides is 1. The summed E-state index contributed by atoms with van der Waals surface area (Å²) in [5.74, 6) is 0.570. The second kappa shape index (κ2) is 7.15. The molecular weight excluding hydrogens is 328 g/mol. The molecule has 0 saturated carbocycles. The van der Waals surface area contributed by atoms with Crippen LogP contribution in [0.15, 0.2) is 12.3 Å². The lowest BCUT2D eigenvalue weighted by Crippen LogP contribution is -2.26. The van der Waals surface area contributed by atoms with Crippen LogP contribution in [-0.2, 0) is 12.0 Å². The van der Waals surface area contributed by atoms with E-state index in [1.54, 1.807) is 0 Å². The van der Waals surface area contributed by atoms with Crippen LogP contribution in [0, 0.1) is 6.92 Å². The molecule has 1 saturated heterocycles. The molecule has 1 aliphatic rings. The Labute approximate surface area is 154 Å². The van der Waals surface area contributed by atoms with Crippen molar-refractivity contribution in [2.45, 2.75) is 58.5 Å². The van der Waals surface area contributed by atoms with Gasteiger partial charge in [0.25, 0.3) is 5.91 Å². The fourth-order valence-electron chi connectivity index (χ4n) is 3.28. The molecule has 0 radical (unpaired) electrons. The summed E-state index contributed by atoms with van der Waals surface area (Å²) in [7, 11) is 2.12.